The summed E-state index contributed by atoms with van der Waals surface area (Å²) >= 11 is 5.99. The van der Waals surface area contributed by atoms with E-state index >= 15 is 0 Å². The molecule has 1 amide bonds. The Morgan fingerprint density at radius 1 is 1.10 bits per heavy atom. The zero-order valence-corrected chi connectivity index (χ0v) is 17.9. The van der Waals surface area contributed by atoms with Crippen molar-refractivity contribution in [1.29, 1.82) is 0 Å². The maximum Gasteiger partial charge on any atom is 0.254 e. The van der Waals surface area contributed by atoms with Gasteiger partial charge in [-0.25, -0.2) is 21.6 Å². The molecule has 10 heteroatoms. The molecule has 0 bridgehead atoms. The number of nitrogens with one attached hydrogen (secondary N) is 2. The first kappa shape index (κ1) is 23.8. The smallest absolute Gasteiger partial charge is 0.254 e. The molecule has 0 aliphatic rings. The fraction of sp³-hybridized carbons (Fsp3) is 0.250. The van der Waals surface area contributed by atoms with Gasteiger partial charge in [0.2, 0.25) is 0 Å². The number of amides is 1. The molecule has 2 rings (SSSR count). The Balaban J connectivity index is 2.18. The van der Waals surface area contributed by atoms with Crippen molar-refractivity contribution in [2.45, 2.75) is 25.9 Å². The van der Waals surface area contributed by atoms with E-state index in [4.69, 9.17) is 11.6 Å². The number of anilines is 1. The molecule has 2 aromatic carbocycles. The minimum absolute atomic E-state index is 0.128. The van der Waals surface area contributed by atoms with Gasteiger partial charge in [-0.2, -0.15) is 0 Å². The van der Waals surface area contributed by atoms with Gasteiger partial charge in [0.15, 0.2) is 9.84 Å². The average Bonchev–Trinajstić information content (AvgIpc) is 2.62. The Hall–Kier alpha value is -2.52. The molecule has 0 aliphatic heterocycles. The molecule has 0 radical (unpaired) electrons. The number of halogens is 4. The summed E-state index contributed by atoms with van der Waals surface area (Å²) in [6, 6.07) is 3.99. The lowest BCUT2D eigenvalue weighted by Crippen LogP contribution is -2.32. The molecule has 0 aromatic heterocycles. The molecule has 2 atom stereocenters. The third-order valence-electron chi connectivity index (χ3n) is 4.08. The van der Waals surface area contributed by atoms with Crippen molar-refractivity contribution in [1.82, 2.24) is 5.32 Å². The van der Waals surface area contributed by atoms with Crippen LogP contribution in [0, 0.1) is 17.5 Å². The second kappa shape index (κ2) is 9.53. The van der Waals surface area contributed by atoms with Crippen LogP contribution in [-0.2, 0) is 9.84 Å². The molecule has 0 fully saturated rings. The van der Waals surface area contributed by atoms with Crippen LogP contribution in [0.15, 0.2) is 41.8 Å². The number of hydrogen-bond donors (Lipinski definition) is 2. The molecule has 0 spiro atoms. The molecule has 30 heavy (non-hydrogen) atoms. The van der Waals surface area contributed by atoms with Crippen molar-refractivity contribution in [3.05, 3.63) is 75.4 Å². The molecular weight excluding hydrogens is 441 g/mol. The van der Waals surface area contributed by atoms with E-state index in [0.29, 0.717) is 5.56 Å². The van der Waals surface area contributed by atoms with Gasteiger partial charge in [-0.15, -0.1) is 0 Å². The zero-order chi connectivity index (χ0) is 22.6. The van der Waals surface area contributed by atoms with Crippen LogP contribution in [0.2, 0.25) is 5.02 Å². The largest absolute Gasteiger partial charge is 0.376 e. The normalized spacial score (nSPS) is 13.8. The first-order valence-electron chi connectivity index (χ1n) is 8.77. The van der Waals surface area contributed by atoms with Gasteiger partial charge in [0, 0.05) is 28.8 Å². The molecule has 0 unspecified atom stereocenters. The van der Waals surface area contributed by atoms with Crippen LogP contribution in [0.5, 0.6) is 0 Å². The van der Waals surface area contributed by atoms with Crippen LogP contribution >= 0.6 is 11.6 Å². The molecule has 0 saturated heterocycles. The number of sulfone groups is 1. The predicted molar refractivity (Wildman–Crippen MR) is 111 cm³/mol. The van der Waals surface area contributed by atoms with Gasteiger partial charge in [0.05, 0.1) is 17.3 Å². The van der Waals surface area contributed by atoms with Crippen molar-refractivity contribution >= 4 is 33.0 Å². The molecule has 0 saturated carbocycles. The summed E-state index contributed by atoms with van der Waals surface area (Å²) < 4.78 is 64.3. The van der Waals surface area contributed by atoms with Crippen LogP contribution in [0.25, 0.3) is 0 Å². The van der Waals surface area contributed by atoms with Crippen molar-refractivity contribution in [2.24, 2.45) is 0 Å². The van der Waals surface area contributed by atoms with Crippen molar-refractivity contribution in [2.75, 3.05) is 11.6 Å². The van der Waals surface area contributed by atoms with Gasteiger partial charge in [0.25, 0.3) is 5.91 Å². The summed E-state index contributed by atoms with van der Waals surface area (Å²) in [7, 11) is -3.38. The molecule has 2 N–H and O–H groups in total. The Morgan fingerprint density at radius 2 is 1.77 bits per heavy atom. The lowest BCUT2D eigenvalue weighted by Gasteiger charge is -2.18. The SMILES string of the molecule is C[C@H](/C=C/S(C)(=O)=O)NC(=O)c1cc(F)c(N[C@@H](C)c2ccc(F)cc2Cl)cc1F. The highest BCUT2D eigenvalue weighted by Gasteiger charge is 2.19. The zero-order valence-electron chi connectivity index (χ0n) is 16.3. The van der Waals surface area contributed by atoms with E-state index in [1.165, 1.54) is 25.1 Å². The second-order valence-corrected chi connectivity index (χ2v) is 9.10. The molecule has 0 aliphatic carbocycles. The fourth-order valence-electron chi connectivity index (χ4n) is 2.59. The quantitative estimate of drug-likeness (QED) is 0.633. The van der Waals surface area contributed by atoms with Gasteiger partial charge in [-0.05, 0) is 37.6 Å². The Kier molecular flexibility index (Phi) is 7.54. The van der Waals surface area contributed by atoms with E-state index < -0.39 is 50.8 Å². The van der Waals surface area contributed by atoms with E-state index in [1.54, 1.807) is 6.92 Å². The highest BCUT2D eigenvalue weighted by Crippen LogP contribution is 2.28. The summed E-state index contributed by atoms with van der Waals surface area (Å²) in [5.41, 5.74) is -0.265. The third-order valence-corrected chi connectivity index (χ3v) is 5.05. The number of carbonyl (C=O) groups is 1. The molecular formula is C20H20ClF3N2O3S. The maximum absolute atomic E-state index is 14.5. The Morgan fingerprint density at radius 3 is 2.37 bits per heavy atom. The summed E-state index contributed by atoms with van der Waals surface area (Å²) in [5, 5.41) is 6.14. The number of carbonyl (C=O) groups excluding carboxylic acids is 1. The van der Waals surface area contributed by atoms with Gasteiger partial charge in [0.1, 0.15) is 17.5 Å². The van der Waals surface area contributed by atoms with Gasteiger partial charge in [-0.3, -0.25) is 4.79 Å². The fourth-order valence-corrected chi connectivity index (χ4v) is 3.44. The van der Waals surface area contributed by atoms with Crippen molar-refractivity contribution in [3.8, 4) is 0 Å². The van der Waals surface area contributed by atoms with Crippen LogP contribution in [0.4, 0.5) is 18.9 Å². The van der Waals surface area contributed by atoms with Gasteiger partial charge >= 0.3 is 0 Å². The predicted octanol–water partition coefficient (Wildman–Crippen LogP) is 4.61. The Labute approximate surface area is 177 Å². The lowest BCUT2D eigenvalue weighted by molar-refractivity contribution is 0.0942. The van der Waals surface area contributed by atoms with Crippen LogP contribution in [0.3, 0.4) is 0 Å². The van der Waals surface area contributed by atoms with Crippen molar-refractivity contribution in [3.63, 3.8) is 0 Å². The summed E-state index contributed by atoms with van der Waals surface area (Å²) in [6.07, 6.45) is 2.20. The Bertz CT molecular complexity index is 1090. The monoisotopic (exact) mass is 460 g/mol. The molecule has 2 aromatic rings. The van der Waals surface area contributed by atoms with Crippen molar-refractivity contribution < 1.29 is 26.4 Å². The number of hydrogen-bond acceptors (Lipinski definition) is 4. The molecule has 162 valence electrons. The van der Waals surface area contributed by atoms with Gasteiger partial charge in [-0.1, -0.05) is 23.7 Å². The average molecular weight is 461 g/mol. The molecule has 0 heterocycles. The van der Waals surface area contributed by atoms with Gasteiger partial charge < -0.3 is 10.6 Å². The first-order chi connectivity index (χ1) is 13.9. The lowest BCUT2D eigenvalue weighted by atomic mass is 10.1. The summed E-state index contributed by atoms with van der Waals surface area (Å²) in [4.78, 5) is 12.2. The minimum atomic E-state index is -3.38. The van der Waals surface area contributed by atoms with Crippen LogP contribution in [0.1, 0.15) is 35.8 Å². The minimum Gasteiger partial charge on any atom is -0.376 e. The number of rotatable bonds is 7. The summed E-state index contributed by atoms with van der Waals surface area (Å²) in [5.74, 6) is -3.29. The van der Waals surface area contributed by atoms with E-state index in [1.807, 2.05) is 0 Å². The van der Waals surface area contributed by atoms with Crippen LogP contribution in [-0.4, -0.2) is 26.6 Å². The summed E-state index contributed by atoms with van der Waals surface area (Å²) in [6.45, 7) is 3.12. The topological polar surface area (TPSA) is 75.3 Å². The second-order valence-electron chi connectivity index (χ2n) is 6.76. The maximum atomic E-state index is 14.5. The highest BCUT2D eigenvalue weighted by molar-refractivity contribution is 7.93. The first-order valence-corrected chi connectivity index (χ1v) is 11.1. The number of benzene rings is 2. The van der Waals surface area contributed by atoms with Crippen LogP contribution < -0.4 is 10.6 Å². The van der Waals surface area contributed by atoms with E-state index in [0.717, 1.165) is 29.9 Å². The van der Waals surface area contributed by atoms with E-state index in [2.05, 4.69) is 10.6 Å². The third kappa shape index (κ3) is 6.50. The van der Waals surface area contributed by atoms with E-state index in [-0.39, 0.29) is 10.7 Å². The van der Waals surface area contributed by atoms with E-state index in [9.17, 15) is 26.4 Å². The highest BCUT2D eigenvalue weighted by atomic mass is 35.5. The standard InChI is InChI=1S/C20H20ClF3N2O3S/c1-11(6-7-30(3,28)29)25-20(27)15-9-18(24)19(10-17(15)23)26-12(2)14-5-4-13(22)8-16(14)21/h4-12,26H,1-3H3,(H,25,27)/b7-6+/t11-,12+/m1/s1. The molecule has 5 nitrogen and oxygen atoms in total.